The van der Waals surface area contributed by atoms with Gasteiger partial charge < -0.3 is 10.2 Å². The van der Waals surface area contributed by atoms with E-state index in [1.165, 1.54) is 6.08 Å². The summed E-state index contributed by atoms with van der Waals surface area (Å²) in [7, 11) is 0. The molecule has 0 fully saturated rings. The van der Waals surface area contributed by atoms with Crippen molar-refractivity contribution in [1.82, 2.24) is 0 Å². The lowest BCUT2D eigenvalue weighted by Crippen LogP contribution is -1.88. The lowest BCUT2D eigenvalue weighted by Gasteiger charge is -1.75. The maximum Gasteiger partial charge on any atom is 0.307 e. The highest BCUT2D eigenvalue weighted by molar-refractivity contribution is 5.68. The van der Waals surface area contributed by atoms with Crippen molar-refractivity contribution in [2.75, 3.05) is 0 Å². The fourth-order valence-electron chi connectivity index (χ4n) is 0.123. The molecule has 0 aliphatic rings. The summed E-state index contributed by atoms with van der Waals surface area (Å²) in [5.41, 5.74) is 0. The molecule has 0 aliphatic carbocycles. The van der Waals surface area contributed by atoms with Crippen LogP contribution in [0, 0.1) is 0 Å². The van der Waals surface area contributed by atoms with Crippen LogP contribution in [0.15, 0.2) is 12.7 Å². The first-order valence-electron chi connectivity index (χ1n) is 3.09. The molecule has 0 aromatic heterocycles. The average Bonchev–Trinajstić information content (AvgIpc) is 1.89. The summed E-state index contributed by atoms with van der Waals surface area (Å²) in [6.45, 7) is 4.82. The van der Waals surface area contributed by atoms with Crippen LogP contribution in [0.2, 0.25) is 0 Å². The number of rotatable bonds is 3. The molecule has 0 saturated heterocycles. The molecule has 0 atom stereocenters. The van der Waals surface area contributed by atoms with Crippen molar-refractivity contribution >= 4 is 11.9 Å². The minimum Gasteiger partial charge on any atom is -0.481 e. The van der Waals surface area contributed by atoms with Crippen LogP contribution < -0.4 is 0 Å². The molecule has 0 heterocycles. The summed E-state index contributed by atoms with van der Waals surface area (Å²) >= 11 is 0. The fourth-order valence-corrected chi connectivity index (χ4v) is 0.123. The molecule has 0 aliphatic heterocycles. The molecule has 0 rings (SSSR count). The Morgan fingerprint density at radius 2 is 1.73 bits per heavy atom. The number of carbonyl (C=O) groups is 2. The average molecular weight is 160 g/mol. The van der Waals surface area contributed by atoms with Gasteiger partial charge in [-0.15, -0.1) is 6.58 Å². The topological polar surface area (TPSA) is 74.6 Å². The van der Waals surface area contributed by atoms with Gasteiger partial charge in [-0.2, -0.15) is 0 Å². The molecule has 0 saturated carbocycles. The summed E-state index contributed by atoms with van der Waals surface area (Å²) < 4.78 is 0. The maximum absolute atomic E-state index is 9.53. The van der Waals surface area contributed by atoms with Gasteiger partial charge in [-0.05, 0) is 0 Å². The predicted octanol–water partition coefficient (Wildman–Crippen LogP) is 1.13. The van der Waals surface area contributed by atoms with Crippen LogP contribution in [0.25, 0.3) is 0 Å². The molecule has 0 radical (unpaired) electrons. The monoisotopic (exact) mass is 160 g/mol. The van der Waals surface area contributed by atoms with Crippen molar-refractivity contribution < 1.29 is 19.8 Å². The SMILES string of the molecule is C=CCC(=O)O.CCC(=O)O. The van der Waals surface area contributed by atoms with Crippen molar-refractivity contribution in [1.29, 1.82) is 0 Å². The molecule has 0 spiro atoms. The zero-order chi connectivity index (χ0) is 9.28. The Bertz CT molecular complexity index is 139. The summed E-state index contributed by atoms with van der Waals surface area (Å²) in [4.78, 5) is 18.9. The molecule has 64 valence electrons. The Balaban J connectivity index is 0. The van der Waals surface area contributed by atoms with Gasteiger partial charge in [0.2, 0.25) is 0 Å². The first kappa shape index (κ1) is 12.4. The van der Waals surface area contributed by atoms with E-state index >= 15 is 0 Å². The quantitative estimate of drug-likeness (QED) is 0.607. The minimum atomic E-state index is -0.829. The van der Waals surface area contributed by atoms with Gasteiger partial charge in [-0.25, -0.2) is 0 Å². The van der Waals surface area contributed by atoms with Crippen molar-refractivity contribution in [3.05, 3.63) is 12.7 Å². The smallest absolute Gasteiger partial charge is 0.307 e. The van der Waals surface area contributed by atoms with Gasteiger partial charge in [0, 0.05) is 6.42 Å². The summed E-state index contributed by atoms with van der Waals surface area (Å²) in [6, 6.07) is 0. The third-order valence-electron chi connectivity index (χ3n) is 0.621. The summed E-state index contributed by atoms with van der Waals surface area (Å²) in [5, 5.41) is 15.6. The highest BCUT2D eigenvalue weighted by atomic mass is 16.4. The first-order chi connectivity index (χ1) is 5.04. The second kappa shape index (κ2) is 8.68. The Hall–Kier alpha value is -1.32. The molecule has 0 unspecified atom stereocenters. The van der Waals surface area contributed by atoms with Crippen LogP contribution in [0.4, 0.5) is 0 Å². The van der Waals surface area contributed by atoms with Gasteiger partial charge in [0.1, 0.15) is 0 Å². The highest BCUT2D eigenvalue weighted by Gasteiger charge is 1.84. The van der Waals surface area contributed by atoms with E-state index in [2.05, 4.69) is 6.58 Å². The number of hydrogen-bond acceptors (Lipinski definition) is 2. The van der Waals surface area contributed by atoms with Crippen LogP contribution in [-0.2, 0) is 9.59 Å². The molecule has 0 amide bonds. The number of aliphatic carboxylic acids is 2. The first-order valence-corrected chi connectivity index (χ1v) is 3.09. The van der Waals surface area contributed by atoms with E-state index < -0.39 is 11.9 Å². The second-order valence-corrected chi connectivity index (χ2v) is 1.63. The van der Waals surface area contributed by atoms with Crippen molar-refractivity contribution in [3.8, 4) is 0 Å². The molecule has 4 nitrogen and oxygen atoms in total. The van der Waals surface area contributed by atoms with Crippen molar-refractivity contribution in [2.24, 2.45) is 0 Å². The van der Waals surface area contributed by atoms with E-state index in [0.717, 1.165) is 0 Å². The van der Waals surface area contributed by atoms with Gasteiger partial charge in [-0.3, -0.25) is 9.59 Å². The molecule has 0 aromatic carbocycles. The van der Waals surface area contributed by atoms with Gasteiger partial charge in [0.25, 0.3) is 0 Å². The van der Waals surface area contributed by atoms with Crippen LogP contribution in [0.5, 0.6) is 0 Å². The third-order valence-corrected chi connectivity index (χ3v) is 0.621. The van der Waals surface area contributed by atoms with E-state index in [1.807, 2.05) is 0 Å². The molecule has 0 bridgehead atoms. The Morgan fingerprint density at radius 1 is 1.36 bits per heavy atom. The number of hydrogen-bond donors (Lipinski definition) is 2. The molecular formula is C7H12O4. The van der Waals surface area contributed by atoms with Gasteiger partial charge >= 0.3 is 11.9 Å². The largest absolute Gasteiger partial charge is 0.481 e. The predicted molar refractivity (Wildman–Crippen MR) is 40.4 cm³/mol. The summed E-state index contributed by atoms with van der Waals surface area (Å²) in [5.74, 6) is -1.57. The summed E-state index contributed by atoms with van der Waals surface area (Å²) in [6.07, 6.45) is 1.63. The van der Waals surface area contributed by atoms with Gasteiger partial charge in [0.15, 0.2) is 0 Å². The van der Waals surface area contributed by atoms with Gasteiger partial charge in [-0.1, -0.05) is 13.0 Å². The van der Waals surface area contributed by atoms with E-state index in [4.69, 9.17) is 10.2 Å². The number of carboxylic acids is 2. The number of carboxylic acid groups (broad SMARTS) is 2. The van der Waals surface area contributed by atoms with E-state index in [1.54, 1.807) is 6.92 Å². The highest BCUT2D eigenvalue weighted by Crippen LogP contribution is 1.74. The zero-order valence-corrected chi connectivity index (χ0v) is 6.41. The van der Waals surface area contributed by atoms with E-state index in [9.17, 15) is 9.59 Å². The molecular weight excluding hydrogens is 148 g/mol. The van der Waals surface area contributed by atoms with Crippen molar-refractivity contribution in [3.63, 3.8) is 0 Å². The Kier molecular flexibility index (Phi) is 9.76. The fraction of sp³-hybridized carbons (Fsp3) is 0.429. The zero-order valence-electron chi connectivity index (χ0n) is 6.41. The van der Waals surface area contributed by atoms with Crippen LogP contribution in [0.1, 0.15) is 19.8 Å². The third kappa shape index (κ3) is 28.6. The minimum absolute atomic E-state index is 0.0556. The lowest BCUT2D eigenvalue weighted by atomic mass is 10.4. The second-order valence-electron chi connectivity index (χ2n) is 1.63. The lowest BCUT2D eigenvalue weighted by molar-refractivity contribution is -0.137. The Labute approximate surface area is 65.2 Å². The van der Waals surface area contributed by atoms with E-state index in [-0.39, 0.29) is 12.8 Å². The standard InChI is InChI=1S/C4H6O2.C3H6O2/c1-2-3-4(5)6;1-2-3(4)5/h2H,1,3H2,(H,5,6);2H2,1H3,(H,4,5). The van der Waals surface area contributed by atoms with E-state index in [0.29, 0.717) is 0 Å². The molecule has 2 N–H and O–H groups in total. The molecule has 0 aromatic rings. The van der Waals surface area contributed by atoms with Crippen LogP contribution >= 0.6 is 0 Å². The van der Waals surface area contributed by atoms with Gasteiger partial charge in [0.05, 0.1) is 6.42 Å². The van der Waals surface area contributed by atoms with Crippen LogP contribution in [0.3, 0.4) is 0 Å². The molecule has 11 heavy (non-hydrogen) atoms. The normalized spacial score (nSPS) is 7.36. The maximum atomic E-state index is 9.53. The van der Waals surface area contributed by atoms with Crippen LogP contribution in [-0.4, -0.2) is 22.2 Å². The Morgan fingerprint density at radius 3 is 1.73 bits per heavy atom. The molecule has 4 heteroatoms. The van der Waals surface area contributed by atoms with Crippen molar-refractivity contribution in [2.45, 2.75) is 19.8 Å².